The van der Waals surface area contributed by atoms with Gasteiger partial charge < -0.3 is 15.2 Å². The molecule has 6 heteroatoms. The predicted octanol–water partition coefficient (Wildman–Crippen LogP) is 2.81. The lowest BCUT2D eigenvalue weighted by Crippen LogP contribution is -2.31. The zero-order chi connectivity index (χ0) is 14.2. The van der Waals surface area contributed by atoms with Gasteiger partial charge in [0.2, 0.25) is 0 Å². The summed E-state index contributed by atoms with van der Waals surface area (Å²) >= 11 is 3.57. The molecule has 2 heterocycles. The lowest BCUT2D eigenvalue weighted by atomic mass is 9.90. The van der Waals surface area contributed by atoms with Crippen molar-refractivity contribution < 1.29 is 9.47 Å². The summed E-state index contributed by atoms with van der Waals surface area (Å²) in [5.74, 6) is 1.68. The summed E-state index contributed by atoms with van der Waals surface area (Å²) < 4.78 is 12.3. The van der Waals surface area contributed by atoms with E-state index in [1.165, 1.54) is 12.0 Å². The van der Waals surface area contributed by atoms with Gasteiger partial charge in [-0.25, -0.2) is 0 Å². The first-order valence-electron chi connectivity index (χ1n) is 7.10. The first-order valence-corrected chi connectivity index (χ1v) is 7.89. The van der Waals surface area contributed by atoms with Gasteiger partial charge in [-0.05, 0) is 58.6 Å². The second kappa shape index (κ2) is 6.73. The summed E-state index contributed by atoms with van der Waals surface area (Å²) in [5.41, 5.74) is 7.39. The van der Waals surface area contributed by atoms with Crippen molar-refractivity contribution in [3.63, 3.8) is 0 Å². The number of nitrogens with zero attached hydrogens (tertiary/aromatic N) is 1. The van der Waals surface area contributed by atoms with Gasteiger partial charge in [-0.15, -0.1) is 12.4 Å². The Labute approximate surface area is 140 Å². The van der Waals surface area contributed by atoms with Crippen molar-refractivity contribution in [3.05, 3.63) is 22.2 Å². The van der Waals surface area contributed by atoms with Crippen molar-refractivity contribution in [2.75, 3.05) is 32.8 Å². The van der Waals surface area contributed by atoms with Gasteiger partial charge in [-0.3, -0.25) is 4.90 Å². The molecular weight excluding hydrogens is 356 g/mol. The number of ether oxygens (including phenoxy) is 2. The van der Waals surface area contributed by atoms with Crippen molar-refractivity contribution in [2.24, 2.45) is 11.1 Å². The van der Waals surface area contributed by atoms with Crippen molar-refractivity contribution in [1.29, 1.82) is 0 Å². The Kier molecular flexibility index (Phi) is 5.41. The molecule has 2 aliphatic rings. The van der Waals surface area contributed by atoms with Crippen LogP contribution in [-0.2, 0) is 6.54 Å². The topological polar surface area (TPSA) is 47.7 Å². The molecule has 1 fully saturated rings. The molecule has 4 nitrogen and oxygen atoms in total. The van der Waals surface area contributed by atoms with Crippen LogP contribution in [0.5, 0.6) is 11.5 Å². The number of likely N-dealkylation sites (tertiary alicyclic amines) is 1. The Morgan fingerprint density at radius 2 is 2.10 bits per heavy atom. The molecule has 2 N–H and O–H groups in total. The highest BCUT2D eigenvalue weighted by molar-refractivity contribution is 9.10. The summed E-state index contributed by atoms with van der Waals surface area (Å²) in [7, 11) is 0. The number of benzene rings is 1. The molecule has 1 unspecified atom stereocenters. The third-order valence-electron chi connectivity index (χ3n) is 4.19. The van der Waals surface area contributed by atoms with E-state index < -0.39 is 0 Å². The van der Waals surface area contributed by atoms with Gasteiger partial charge in [0.25, 0.3) is 0 Å². The van der Waals surface area contributed by atoms with E-state index in [0.717, 1.165) is 42.2 Å². The van der Waals surface area contributed by atoms with Crippen LogP contribution in [0.3, 0.4) is 0 Å². The molecule has 21 heavy (non-hydrogen) atoms. The minimum atomic E-state index is 0. The quantitative estimate of drug-likeness (QED) is 0.880. The van der Waals surface area contributed by atoms with Crippen LogP contribution in [0.2, 0.25) is 0 Å². The number of hydrogen-bond acceptors (Lipinski definition) is 4. The summed E-state index contributed by atoms with van der Waals surface area (Å²) in [6.07, 6.45) is 1.18. The summed E-state index contributed by atoms with van der Waals surface area (Å²) in [6, 6.07) is 4.23. The molecule has 1 saturated heterocycles. The zero-order valence-corrected chi connectivity index (χ0v) is 14.6. The molecule has 0 amide bonds. The first-order chi connectivity index (χ1) is 9.59. The van der Waals surface area contributed by atoms with Crippen LogP contribution in [0.15, 0.2) is 16.6 Å². The minimum Gasteiger partial charge on any atom is -0.486 e. The fourth-order valence-corrected chi connectivity index (χ4v) is 3.55. The summed E-state index contributed by atoms with van der Waals surface area (Å²) in [5, 5.41) is 0. The molecule has 0 bridgehead atoms. The molecule has 1 aromatic carbocycles. The van der Waals surface area contributed by atoms with Gasteiger partial charge >= 0.3 is 0 Å². The third kappa shape index (κ3) is 3.65. The maximum Gasteiger partial charge on any atom is 0.175 e. The van der Waals surface area contributed by atoms with E-state index in [2.05, 4.69) is 39.9 Å². The molecular formula is C15H22BrClN2O2. The van der Waals surface area contributed by atoms with E-state index in [-0.39, 0.29) is 17.8 Å². The third-order valence-corrected chi connectivity index (χ3v) is 4.78. The molecule has 0 spiro atoms. The molecule has 2 aliphatic heterocycles. The monoisotopic (exact) mass is 376 g/mol. The van der Waals surface area contributed by atoms with E-state index in [1.54, 1.807) is 0 Å². The highest BCUT2D eigenvalue weighted by atomic mass is 79.9. The molecule has 1 atom stereocenters. The van der Waals surface area contributed by atoms with Gasteiger partial charge in [-0.2, -0.15) is 0 Å². The highest BCUT2D eigenvalue weighted by Crippen LogP contribution is 2.39. The summed E-state index contributed by atoms with van der Waals surface area (Å²) in [4.78, 5) is 2.46. The number of rotatable bonds is 3. The fraction of sp³-hybridized carbons (Fsp3) is 0.600. The highest BCUT2D eigenvalue weighted by Gasteiger charge is 2.32. The Morgan fingerprint density at radius 3 is 2.81 bits per heavy atom. The molecule has 118 valence electrons. The van der Waals surface area contributed by atoms with E-state index in [4.69, 9.17) is 15.2 Å². The first kappa shape index (κ1) is 16.9. The standard InChI is InChI=1S/C15H21BrN2O2.ClH/c1-15(9-17)2-3-18(10-15)8-11-6-12(16)14-13(7-11)19-4-5-20-14;/h6-7H,2-5,8-10,17H2,1H3;1H. The molecule has 0 saturated carbocycles. The van der Waals surface area contributed by atoms with Crippen LogP contribution in [0, 0.1) is 5.41 Å². The van der Waals surface area contributed by atoms with Gasteiger partial charge in [0, 0.05) is 13.1 Å². The Morgan fingerprint density at radius 1 is 1.33 bits per heavy atom. The van der Waals surface area contributed by atoms with Crippen LogP contribution in [0.1, 0.15) is 18.9 Å². The van der Waals surface area contributed by atoms with Gasteiger partial charge in [-0.1, -0.05) is 6.92 Å². The number of nitrogens with two attached hydrogens (primary N) is 1. The number of hydrogen-bond donors (Lipinski definition) is 1. The maximum absolute atomic E-state index is 5.87. The molecule has 0 radical (unpaired) electrons. The SMILES string of the molecule is CC1(CN)CCN(Cc2cc(Br)c3c(c2)OCCO3)C1.Cl. The fourth-order valence-electron chi connectivity index (χ4n) is 2.94. The normalized spacial score (nSPS) is 24.7. The van der Waals surface area contributed by atoms with Crippen LogP contribution in [0.4, 0.5) is 0 Å². The van der Waals surface area contributed by atoms with Crippen LogP contribution < -0.4 is 15.2 Å². The van der Waals surface area contributed by atoms with Crippen molar-refractivity contribution in [1.82, 2.24) is 4.90 Å². The molecule has 0 aliphatic carbocycles. The second-order valence-electron chi connectivity index (χ2n) is 6.08. The lowest BCUT2D eigenvalue weighted by Gasteiger charge is -2.24. The van der Waals surface area contributed by atoms with Crippen LogP contribution in [0.25, 0.3) is 0 Å². The van der Waals surface area contributed by atoms with Crippen LogP contribution in [-0.4, -0.2) is 37.7 Å². The van der Waals surface area contributed by atoms with Crippen molar-refractivity contribution in [2.45, 2.75) is 19.9 Å². The largest absolute Gasteiger partial charge is 0.486 e. The Bertz CT molecular complexity index is 515. The molecule has 3 rings (SSSR count). The van der Waals surface area contributed by atoms with Crippen molar-refractivity contribution >= 4 is 28.3 Å². The predicted molar refractivity (Wildman–Crippen MR) is 89.4 cm³/mol. The van der Waals surface area contributed by atoms with Gasteiger partial charge in [0.15, 0.2) is 11.5 Å². The average Bonchev–Trinajstić information content (AvgIpc) is 2.81. The van der Waals surface area contributed by atoms with Gasteiger partial charge in [0.05, 0.1) is 4.47 Å². The van der Waals surface area contributed by atoms with Gasteiger partial charge in [0.1, 0.15) is 13.2 Å². The number of fused-ring (bicyclic) bond motifs is 1. The van der Waals surface area contributed by atoms with E-state index in [0.29, 0.717) is 13.2 Å². The number of halogens is 2. The average molecular weight is 378 g/mol. The summed E-state index contributed by atoms with van der Waals surface area (Å²) in [6.45, 7) is 7.38. The minimum absolute atomic E-state index is 0. The zero-order valence-electron chi connectivity index (χ0n) is 12.2. The Hall–Kier alpha value is -0.490. The van der Waals surface area contributed by atoms with E-state index in [9.17, 15) is 0 Å². The molecule has 0 aromatic heterocycles. The van der Waals surface area contributed by atoms with E-state index in [1.807, 2.05) is 0 Å². The van der Waals surface area contributed by atoms with E-state index >= 15 is 0 Å². The molecule has 1 aromatic rings. The maximum atomic E-state index is 5.87. The smallest absolute Gasteiger partial charge is 0.175 e. The van der Waals surface area contributed by atoms with Crippen LogP contribution >= 0.6 is 28.3 Å². The Balaban J connectivity index is 0.00000161. The van der Waals surface area contributed by atoms with Crippen molar-refractivity contribution in [3.8, 4) is 11.5 Å². The lowest BCUT2D eigenvalue weighted by molar-refractivity contribution is 0.170. The second-order valence-corrected chi connectivity index (χ2v) is 6.93.